The van der Waals surface area contributed by atoms with Crippen molar-refractivity contribution < 1.29 is 32.1 Å². The molecule has 3 N–H and O–H groups in total. The average Bonchev–Trinajstić information content (AvgIpc) is 3.31. The zero-order valence-electron chi connectivity index (χ0n) is 19.9. The van der Waals surface area contributed by atoms with Gasteiger partial charge in [0.1, 0.15) is 11.5 Å². The number of halogens is 1. The third-order valence-corrected chi connectivity index (χ3v) is 7.11. The first-order valence-electron chi connectivity index (χ1n) is 10.8. The van der Waals surface area contributed by atoms with Crippen LogP contribution in [0.25, 0.3) is 11.3 Å². The Kier molecular flexibility index (Phi) is 8.40. The molecule has 1 unspecified atom stereocenters. The normalized spacial score (nSPS) is 13.4. The molecule has 0 aliphatic carbocycles. The summed E-state index contributed by atoms with van der Waals surface area (Å²) in [6.07, 6.45) is 0. The molecule has 3 aromatic rings. The van der Waals surface area contributed by atoms with Gasteiger partial charge in [0, 0.05) is 36.3 Å². The second-order valence-corrected chi connectivity index (χ2v) is 10.3. The first-order valence-corrected chi connectivity index (χ1v) is 12.3. The molecule has 36 heavy (non-hydrogen) atoms. The average molecular weight is 523 g/mol. The number of nitrogens with zero attached hydrogens (tertiary/aromatic N) is 2. The van der Waals surface area contributed by atoms with Crippen molar-refractivity contribution >= 4 is 21.4 Å². The lowest BCUT2D eigenvalue weighted by Crippen LogP contribution is -2.35. The van der Waals surface area contributed by atoms with Gasteiger partial charge in [-0.25, -0.2) is 17.5 Å². The van der Waals surface area contributed by atoms with Gasteiger partial charge in [0.15, 0.2) is 5.76 Å². The van der Waals surface area contributed by atoms with E-state index in [1.54, 1.807) is 6.92 Å². The van der Waals surface area contributed by atoms with Crippen LogP contribution in [-0.2, 0) is 21.3 Å². The van der Waals surface area contributed by atoms with Crippen molar-refractivity contribution in [1.82, 2.24) is 9.88 Å². The zero-order valence-corrected chi connectivity index (χ0v) is 20.8. The first-order chi connectivity index (χ1) is 17.0. The van der Waals surface area contributed by atoms with Crippen LogP contribution in [0.2, 0.25) is 0 Å². The van der Waals surface area contributed by atoms with Gasteiger partial charge in [-0.2, -0.15) is 0 Å². The largest absolute Gasteiger partial charge is 0.396 e. The SMILES string of the molecule is COCC(C)(CO)CNc1ccc(S(=O)(=O)NCc2cc(-c3ccc(F)cc3)on2)c(C)c1[N+](=O)[O-]. The van der Waals surface area contributed by atoms with Crippen LogP contribution in [0.15, 0.2) is 51.9 Å². The van der Waals surface area contributed by atoms with E-state index in [1.165, 1.54) is 56.5 Å². The minimum Gasteiger partial charge on any atom is -0.396 e. The summed E-state index contributed by atoms with van der Waals surface area (Å²) in [5.74, 6) is -0.0795. The summed E-state index contributed by atoms with van der Waals surface area (Å²) in [7, 11) is -2.67. The third kappa shape index (κ3) is 6.23. The molecule has 13 heteroatoms. The molecular weight excluding hydrogens is 495 g/mol. The van der Waals surface area contributed by atoms with E-state index in [2.05, 4.69) is 15.2 Å². The first kappa shape index (κ1) is 27.2. The van der Waals surface area contributed by atoms with Crippen molar-refractivity contribution in [3.63, 3.8) is 0 Å². The number of ether oxygens (including phenoxy) is 1. The van der Waals surface area contributed by atoms with E-state index >= 15 is 0 Å². The lowest BCUT2D eigenvalue weighted by atomic mass is 9.93. The summed E-state index contributed by atoms with van der Waals surface area (Å²) in [5, 5.41) is 28.2. The molecule has 1 heterocycles. The van der Waals surface area contributed by atoms with Gasteiger partial charge in [-0.3, -0.25) is 10.1 Å². The molecule has 0 saturated heterocycles. The van der Waals surface area contributed by atoms with Crippen LogP contribution in [0.3, 0.4) is 0 Å². The van der Waals surface area contributed by atoms with Gasteiger partial charge in [0.05, 0.1) is 35.3 Å². The quantitative estimate of drug-likeness (QED) is 0.240. The number of hydrogen-bond donors (Lipinski definition) is 3. The molecule has 3 rings (SSSR count). The number of aliphatic hydroxyl groups is 1. The fourth-order valence-corrected chi connectivity index (χ4v) is 4.79. The number of sulfonamides is 1. The van der Waals surface area contributed by atoms with E-state index in [0.29, 0.717) is 11.3 Å². The molecule has 0 amide bonds. The van der Waals surface area contributed by atoms with Gasteiger partial charge in [-0.05, 0) is 43.3 Å². The standard InChI is InChI=1S/C23H27FN4O7S/c1-15-21(9-8-19(22(15)28(30)31)25-12-23(2,13-29)14-34-3)36(32,33)26-11-18-10-20(35-27-18)16-4-6-17(24)7-5-16/h4-10,25-26,29H,11-14H2,1-3H3. The predicted octanol–water partition coefficient (Wildman–Crippen LogP) is 3.23. The topological polar surface area (TPSA) is 157 Å². The van der Waals surface area contributed by atoms with Crippen molar-refractivity contribution in [3.8, 4) is 11.3 Å². The Bertz CT molecular complexity index is 1330. The van der Waals surface area contributed by atoms with Crippen LogP contribution in [0.1, 0.15) is 18.2 Å². The second kappa shape index (κ2) is 11.1. The Morgan fingerprint density at radius 2 is 1.94 bits per heavy atom. The van der Waals surface area contributed by atoms with E-state index < -0.39 is 31.9 Å². The number of nitro groups is 1. The lowest BCUT2D eigenvalue weighted by Gasteiger charge is -2.27. The molecular formula is C23H27FN4O7S. The smallest absolute Gasteiger partial charge is 0.296 e. The highest BCUT2D eigenvalue weighted by Crippen LogP contribution is 2.34. The van der Waals surface area contributed by atoms with Gasteiger partial charge in [0.2, 0.25) is 10.0 Å². The van der Waals surface area contributed by atoms with Gasteiger partial charge < -0.3 is 19.7 Å². The zero-order chi connectivity index (χ0) is 26.5. The highest BCUT2D eigenvalue weighted by molar-refractivity contribution is 7.89. The molecule has 0 saturated carbocycles. The van der Waals surface area contributed by atoms with Gasteiger partial charge in [-0.15, -0.1) is 0 Å². The van der Waals surface area contributed by atoms with Crippen LogP contribution < -0.4 is 10.0 Å². The van der Waals surface area contributed by atoms with Gasteiger partial charge in [-0.1, -0.05) is 12.1 Å². The number of methoxy groups -OCH3 is 1. The Morgan fingerprint density at radius 1 is 1.25 bits per heavy atom. The molecule has 0 aliphatic rings. The summed E-state index contributed by atoms with van der Waals surface area (Å²) >= 11 is 0. The molecule has 0 radical (unpaired) electrons. The summed E-state index contributed by atoms with van der Waals surface area (Å²) < 4.78 is 51.7. The van der Waals surface area contributed by atoms with E-state index in [9.17, 15) is 28.0 Å². The summed E-state index contributed by atoms with van der Waals surface area (Å²) in [4.78, 5) is 10.9. The Morgan fingerprint density at radius 3 is 2.56 bits per heavy atom. The van der Waals surface area contributed by atoms with Crippen LogP contribution in [0.5, 0.6) is 0 Å². The Hall–Kier alpha value is -3.39. The lowest BCUT2D eigenvalue weighted by molar-refractivity contribution is -0.384. The van der Waals surface area contributed by atoms with Gasteiger partial charge >= 0.3 is 0 Å². The van der Waals surface area contributed by atoms with E-state index in [0.717, 1.165) is 0 Å². The molecule has 0 spiro atoms. The number of rotatable bonds is 12. The molecule has 194 valence electrons. The number of aromatic nitrogens is 1. The van der Waals surface area contributed by atoms with E-state index in [1.807, 2.05) is 0 Å². The summed E-state index contributed by atoms with van der Waals surface area (Å²) in [6, 6.07) is 9.61. The van der Waals surface area contributed by atoms with Crippen molar-refractivity contribution in [2.45, 2.75) is 25.3 Å². The van der Waals surface area contributed by atoms with Crippen LogP contribution in [-0.4, -0.2) is 50.5 Å². The number of anilines is 1. The molecule has 1 atom stereocenters. The second-order valence-electron chi connectivity index (χ2n) is 8.61. The van der Waals surface area contributed by atoms with Crippen molar-refractivity contribution in [1.29, 1.82) is 0 Å². The molecule has 1 aromatic heterocycles. The maximum absolute atomic E-state index is 13.1. The van der Waals surface area contributed by atoms with Crippen LogP contribution >= 0.6 is 0 Å². The third-order valence-electron chi connectivity index (χ3n) is 5.56. The van der Waals surface area contributed by atoms with Crippen LogP contribution in [0.4, 0.5) is 15.8 Å². The van der Waals surface area contributed by atoms with Crippen molar-refractivity contribution in [2.24, 2.45) is 5.41 Å². The number of nitro benzene ring substituents is 1. The highest BCUT2D eigenvalue weighted by Gasteiger charge is 2.29. The summed E-state index contributed by atoms with van der Waals surface area (Å²) in [5.41, 5.74) is -0.196. The number of benzene rings is 2. The number of hydrogen-bond acceptors (Lipinski definition) is 9. The maximum Gasteiger partial charge on any atom is 0.296 e. The molecule has 11 nitrogen and oxygen atoms in total. The van der Waals surface area contributed by atoms with E-state index in [-0.39, 0.29) is 48.1 Å². The fourth-order valence-electron chi connectivity index (χ4n) is 3.55. The Labute approximate surface area is 207 Å². The van der Waals surface area contributed by atoms with Crippen LogP contribution in [0, 0.1) is 28.3 Å². The summed E-state index contributed by atoms with van der Waals surface area (Å²) in [6.45, 7) is 3.01. The van der Waals surface area contributed by atoms with Crippen molar-refractivity contribution in [3.05, 3.63) is 69.7 Å². The van der Waals surface area contributed by atoms with Crippen molar-refractivity contribution in [2.75, 3.05) is 32.2 Å². The molecule has 0 aliphatic heterocycles. The maximum atomic E-state index is 13.1. The minimum absolute atomic E-state index is 0.0536. The predicted molar refractivity (Wildman–Crippen MR) is 129 cm³/mol. The number of nitrogens with one attached hydrogen (secondary N) is 2. The molecule has 2 aromatic carbocycles. The minimum atomic E-state index is -4.15. The Balaban J connectivity index is 1.79. The van der Waals surface area contributed by atoms with E-state index in [4.69, 9.17) is 9.26 Å². The highest BCUT2D eigenvalue weighted by atomic mass is 32.2. The molecule has 0 fully saturated rings. The monoisotopic (exact) mass is 522 g/mol. The molecule has 0 bridgehead atoms. The number of aliphatic hydroxyl groups excluding tert-OH is 1. The van der Waals surface area contributed by atoms with Gasteiger partial charge in [0.25, 0.3) is 5.69 Å². The fraction of sp³-hybridized carbons (Fsp3) is 0.348.